The van der Waals surface area contributed by atoms with Gasteiger partial charge in [-0.25, -0.2) is 4.68 Å². The molecule has 8 nitrogen and oxygen atoms in total. The number of benzene rings is 2. The van der Waals surface area contributed by atoms with Crippen LogP contribution in [0.4, 0.5) is 5.69 Å². The van der Waals surface area contributed by atoms with E-state index in [1.165, 1.54) is 19.2 Å². The smallest absolute Gasteiger partial charge is 0.269 e. The average Bonchev–Trinajstić information content (AvgIpc) is 3.17. The lowest BCUT2D eigenvalue weighted by atomic mass is 10.1. The topological polar surface area (TPSA) is 99.3 Å². The first-order valence-corrected chi connectivity index (χ1v) is 9.15. The van der Waals surface area contributed by atoms with Crippen molar-refractivity contribution >= 4 is 11.6 Å². The Morgan fingerprint density at radius 1 is 1.27 bits per heavy atom. The number of ether oxygens (including phenoxy) is 1. The number of nitrogens with one attached hydrogen (secondary N) is 1. The first kappa shape index (κ1) is 20.8. The zero-order valence-corrected chi connectivity index (χ0v) is 16.3. The molecule has 1 aromatic heterocycles. The molecule has 2 aromatic carbocycles. The van der Waals surface area contributed by atoms with Gasteiger partial charge in [-0.05, 0) is 24.3 Å². The van der Waals surface area contributed by atoms with Crippen LogP contribution in [0.5, 0.6) is 0 Å². The molecule has 0 radical (unpaired) electrons. The number of hydrogen-bond donors (Lipinski definition) is 1. The zero-order valence-electron chi connectivity index (χ0n) is 16.3. The second kappa shape index (κ2) is 9.49. The maximum Gasteiger partial charge on any atom is 0.269 e. The summed E-state index contributed by atoms with van der Waals surface area (Å²) in [6.45, 7) is 0.209. The van der Waals surface area contributed by atoms with Gasteiger partial charge < -0.3 is 10.1 Å². The molecule has 1 N–H and O–H groups in total. The fourth-order valence-electron chi connectivity index (χ4n) is 2.95. The molecule has 1 unspecified atom stereocenters. The van der Waals surface area contributed by atoms with E-state index in [2.05, 4.69) is 16.3 Å². The molecule has 152 valence electrons. The van der Waals surface area contributed by atoms with E-state index in [0.717, 1.165) is 5.69 Å². The van der Waals surface area contributed by atoms with Crippen LogP contribution in [0.3, 0.4) is 0 Å². The van der Waals surface area contributed by atoms with Gasteiger partial charge in [0, 0.05) is 36.6 Å². The molecule has 0 fully saturated rings. The minimum atomic E-state index is -0.533. The van der Waals surface area contributed by atoms with Crippen molar-refractivity contribution in [3.8, 4) is 29.3 Å². The van der Waals surface area contributed by atoms with Gasteiger partial charge in [-0.3, -0.25) is 14.9 Å². The second-order valence-corrected chi connectivity index (χ2v) is 6.51. The predicted octanol–water partition coefficient (Wildman–Crippen LogP) is 2.75. The molecule has 0 aliphatic heterocycles. The summed E-state index contributed by atoms with van der Waals surface area (Å²) >= 11 is 0. The van der Waals surface area contributed by atoms with Crippen molar-refractivity contribution in [2.24, 2.45) is 0 Å². The molecule has 1 heterocycles. The fourth-order valence-corrected chi connectivity index (χ4v) is 2.95. The highest BCUT2D eigenvalue weighted by Gasteiger charge is 2.18. The first-order valence-electron chi connectivity index (χ1n) is 9.15. The number of terminal acetylenes is 1. The van der Waals surface area contributed by atoms with Gasteiger partial charge in [0.05, 0.1) is 29.3 Å². The Kier molecular flexibility index (Phi) is 6.57. The number of nitro groups is 1. The van der Waals surface area contributed by atoms with Crippen LogP contribution in [-0.2, 0) is 16.0 Å². The van der Waals surface area contributed by atoms with Crippen LogP contribution in [0.1, 0.15) is 5.56 Å². The molecule has 1 amide bonds. The summed E-state index contributed by atoms with van der Waals surface area (Å²) in [5, 5.41) is 18.3. The van der Waals surface area contributed by atoms with Crippen LogP contribution in [0, 0.1) is 22.5 Å². The van der Waals surface area contributed by atoms with Crippen LogP contribution >= 0.6 is 0 Å². The first-order chi connectivity index (χ1) is 14.5. The molecule has 3 aromatic rings. The number of amides is 1. The lowest BCUT2D eigenvalue weighted by Crippen LogP contribution is -2.37. The van der Waals surface area contributed by atoms with Crippen molar-refractivity contribution in [1.82, 2.24) is 15.1 Å². The van der Waals surface area contributed by atoms with Gasteiger partial charge >= 0.3 is 0 Å². The molecule has 0 aliphatic rings. The summed E-state index contributed by atoms with van der Waals surface area (Å²) < 4.78 is 6.68. The Labute approximate surface area is 173 Å². The highest BCUT2D eigenvalue weighted by molar-refractivity contribution is 5.81. The van der Waals surface area contributed by atoms with Gasteiger partial charge in [0.25, 0.3) is 5.69 Å². The number of para-hydroxylation sites is 1. The third-order valence-electron chi connectivity index (χ3n) is 4.38. The third kappa shape index (κ3) is 4.90. The molecular weight excluding hydrogens is 384 g/mol. The minimum absolute atomic E-state index is 0.0167. The largest absolute Gasteiger partial charge is 0.382 e. The Morgan fingerprint density at radius 3 is 2.57 bits per heavy atom. The molecule has 1 atom stereocenters. The molecule has 8 heteroatoms. The molecule has 0 saturated heterocycles. The van der Waals surface area contributed by atoms with Gasteiger partial charge in [0.1, 0.15) is 6.04 Å². The van der Waals surface area contributed by atoms with Gasteiger partial charge in [0.15, 0.2) is 0 Å². The summed E-state index contributed by atoms with van der Waals surface area (Å²) in [6.07, 6.45) is 7.24. The Hall–Kier alpha value is -3.96. The van der Waals surface area contributed by atoms with Crippen molar-refractivity contribution in [3.05, 3.63) is 76.5 Å². The number of rotatable bonds is 8. The number of nitro benzene ring substituents is 1. The number of methoxy groups -OCH3 is 1. The normalized spacial score (nSPS) is 11.5. The fraction of sp³-hybridized carbons (Fsp3) is 0.182. The quantitative estimate of drug-likeness (QED) is 0.354. The Balaban J connectivity index is 1.94. The van der Waals surface area contributed by atoms with Crippen LogP contribution in [0.15, 0.2) is 60.8 Å². The minimum Gasteiger partial charge on any atom is -0.382 e. The zero-order chi connectivity index (χ0) is 21.5. The summed E-state index contributed by atoms with van der Waals surface area (Å²) in [5.74, 6) is 2.20. The van der Waals surface area contributed by atoms with Crippen molar-refractivity contribution in [1.29, 1.82) is 0 Å². The van der Waals surface area contributed by atoms with Crippen molar-refractivity contribution in [2.75, 3.05) is 13.7 Å². The van der Waals surface area contributed by atoms with Gasteiger partial charge in [-0.2, -0.15) is 5.10 Å². The van der Waals surface area contributed by atoms with Gasteiger partial charge in [-0.15, -0.1) is 6.42 Å². The van der Waals surface area contributed by atoms with E-state index in [4.69, 9.17) is 11.2 Å². The van der Waals surface area contributed by atoms with Crippen molar-refractivity contribution in [2.45, 2.75) is 12.5 Å². The van der Waals surface area contributed by atoms with Crippen LogP contribution in [0.25, 0.3) is 16.9 Å². The average molecular weight is 404 g/mol. The molecule has 0 aliphatic carbocycles. The number of carbonyl (C=O) groups excluding carboxylic acids is 1. The summed E-state index contributed by atoms with van der Waals surface area (Å²) in [6, 6.07) is 15.0. The maximum absolute atomic E-state index is 12.5. The number of carbonyl (C=O) groups is 1. The lowest BCUT2D eigenvalue weighted by Gasteiger charge is -2.11. The predicted molar refractivity (Wildman–Crippen MR) is 112 cm³/mol. The SMILES string of the molecule is C#CC(COC)NC(=O)Cc1cn(-c2ccccc2)nc1-c1ccc([N+](=O)[O-])cc1. The summed E-state index contributed by atoms with van der Waals surface area (Å²) in [4.78, 5) is 23.0. The van der Waals surface area contributed by atoms with Crippen LogP contribution in [-0.4, -0.2) is 40.4 Å². The number of hydrogen-bond acceptors (Lipinski definition) is 5. The number of aromatic nitrogens is 2. The van der Waals surface area contributed by atoms with Gasteiger partial charge in [-0.1, -0.05) is 24.1 Å². The molecule has 0 spiro atoms. The van der Waals surface area contributed by atoms with E-state index in [-0.39, 0.29) is 24.6 Å². The number of non-ortho nitro benzene ring substituents is 1. The number of nitrogens with zero attached hydrogens (tertiary/aromatic N) is 3. The van der Waals surface area contributed by atoms with E-state index in [9.17, 15) is 14.9 Å². The maximum atomic E-state index is 12.5. The molecule has 30 heavy (non-hydrogen) atoms. The van der Waals surface area contributed by atoms with Crippen LogP contribution < -0.4 is 5.32 Å². The van der Waals surface area contributed by atoms with Crippen molar-refractivity contribution < 1.29 is 14.5 Å². The van der Waals surface area contributed by atoms with E-state index < -0.39 is 11.0 Å². The van der Waals surface area contributed by atoms with Gasteiger partial charge in [0.2, 0.25) is 5.91 Å². The lowest BCUT2D eigenvalue weighted by molar-refractivity contribution is -0.384. The Morgan fingerprint density at radius 2 is 1.97 bits per heavy atom. The highest BCUT2D eigenvalue weighted by atomic mass is 16.6. The Bertz CT molecular complexity index is 1070. The third-order valence-corrected chi connectivity index (χ3v) is 4.38. The molecule has 3 rings (SSSR count). The van der Waals surface area contributed by atoms with E-state index >= 15 is 0 Å². The highest BCUT2D eigenvalue weighted by Crippen LogP contribution is 2.26. The summed E-state index contributed by atoms with van der Waals surface area (Å²) in [7, 11) is 1.51. The molecular formula is C22H20N4O4. The molecule has 0 bridgehead atoms. The van der Waals surface area contributed by atoms with Crippen LogP contribution in [0.2, 0.25) is 0 Å². The van der Waals surface area contributed by atoms with E-state index in [1.807, 2.05) is 30.3 Å². The van der Waals surface area contributed by atoms with E-state index in [0.29, 0.717) is 16.8 Å². The van der Waals surface area contributed by atoms with Crippen molar-refractivity contribution in [3.63, 3.8) is 0 Å². The molecule has 0 saturated carbocycles. The standard InChI is InChI=1S/C22H20N4O4/c1-3-18(15-30-2)23-21(27)13-17-14-25(19-7-5-4-6-8-19)24-22(17)16-9-11-20(12-10-16)26(28)29/h1,4-12,14,18H,13,15H2,2H3,(H,23,27). The monoisotopic (exact) mass is 404 g/mol. The van der Waals surface area contributed by atoms with E-state index in [1.54, 1.807) is 23.0 Å². The second-order valence-electron chi connectivity index (χ2n) is 6.51. The summed E-state index contributed by atoms with van der Waals surface area (Å²) in [5.41, 5.74) is 2.71.